The highest BCUT2D eigenvalue weighted by Gasteiger charge is 2.27. The highest BCUT2D eigenvalue weighted by Crippen LogP contribution is 2.25. The Bertz CT molecular complexity index is 967. The van der Waals surface area contributed by atoms with Gasteiger partial charge in [0.15, 0.2) is 11.9 Å². The predicted molar refractivity (Wildman–Crippen MR) is 110 cm³/mol. The maximum atomic E-state index is 12.6. The lowest BCUT2D eigenvalue weighted by Crippen LogP contribution is -2.30. The lowest BCUT2D eigenvalue weighted by Gasteiger charge is -2.21. The van der Waals surface area contributed by atoms with Gasteiger partial charge in [-0.1, -0.05) is 18.2 Å². The molecule has 0 heterocycles. The average Bonchev–Trinajstić information content (AvgIpc) is 2.74. The van der Waals surface area contributed by atoms with Gasteiger partial charge in [0, 0.05) is 17.0 Å². The van der Waals surface area contributed by atoms with E-state index in [4.69, 9.17) is 10.00 Å². The van der Waals surface area contributed by atoms with Gasteiger partial charge < -0.3 is 10.1 Å². The Kier molecular flexibility index (Phi) is 7.04. The number of nitrogens with one attached hydrogen (secondary N) is 1. The minimum absolute atomic E-state index is 0.0336. The highest BCUT2D eigenvalue weighted by atomic mass is 32.2. The second-order valence-electron chi connectivity index (χ2n) is 6.63. The van der Waals surface area contributed by atoms with Gasteiger partial charge in [-0.3, -0.25) is 9.59 Å². The molecule has 1 fully saturated rings. The second-order valence-corrected chi connectivity index (χ2v) is 7.65. The number of anilines is 1. The zero-order chi connectivity index (χ0) is 20.6. The third-order valence-corrected chi connectivity index (χ3v) is 5.56. The van der Waals surface area contributed by atoms with Crippen molar-refractivity contribution < 1.29 is 19.1 Å². The fraction of sp³-hybridized carbons (Fsp3) is 0.273. The van der Waals surface area contributed by atoms with Crippen molar-refractivity contribution in [2.75, 3.05) is 11.1 Å². The number of carbonyl (C=O) groups is 3. The lowest BCUT2D eigenvalue weighted by molar-refractivity contribution is -0.130. The molecule has 0 aromatic heterocycles. The molecular formula is C22H20N2O4S. The smallest absolute Gasteiger partial charge is 0.339 e. The lowest BCUT2D eigenvalue weighted by atomic mass is 9.96. The van der Waals surface area contributed by atoms with E-state index in [1.807, 2.05) is 6.07 Å². The molecule has 0 unspecified atom stereocenters. The largest absolute Gasteiger partial charge is 0.451 e. The number of amides is 1. The van der Waals surface area contributed by atoms with Crippen LogP contribution in [0.25, 0.3) is 0 Å². The summed E-state index contributed by atoms with van der Waals surface area (Å²) < 4.78 is 5.43. The molecule has 7 heteroatoms. The maximum Gasteiger partial charge on any atom is 0.339 e. The summed E-state index contributed by atoms with van der Waals surface area (Å²) in [7, 11) is 0. The first kappa shape index (κ1) is 20.6. The molecule has 1 N–H and O–H groups in total. The van der Waals surface area contributed by atoms with Gasteiger partial charge in [0.25, 0.3) is 0 Å². The van der Waals surface area contributed by atoms with Crippen LogP contribution in [0.3, 0.4) is 0 Å². The van der Waals surface area contributed by atoms with Crippen LogP contribution in [-0.2, 0) is 14.3 Å². The summed E-state index contributed by atoms with van der Waals surface area (Å²) in [6, 6.07) is 15.5. The minimum atomic E-state index is -0.676. The number of benzene rings is 2. The number of ether oxygens (including phenoxy) is 1. The minimum Gasteiger partial charge on any atom is -0.451 e. The van der Waals surface area contributed by atoms with Crippen LogP contribution in [0, 0.1) is 11.3 Å². The first-order valence-corrected chi connectivity index (χ1v) is 10.3. The summed E-state index contributed by atoms with van der Waals surface area (Å²) in [5.41, 5.74) is 1.34. The number of nitriles is 1. The molecule has 1 saturated carbocycles. The van der Waals surface area contributed by atoms with Crippen LogP contribution in [-0.4, -0.2) is 29.5 Å². The Hall–Kier alpha value is -3.11. The maximum absolute atomic E-state index is 12.6. The molecule has 148 valence electrons. The van der Waals surface area contributed by atoms with Crippen LogP contribution in [0.5, 0.6) is 0 Å². The SMILES string of the molecule is N#Cc1cccc(NC(=O)CSc2ccccc2C(=O)O[C@H]2CCCCC2=O)c1. The van der Waals surface area contributed by atoms with E-state index in [1.54, 1.807) is 48.5 Å². The van der Waals surface area contributed by atoms with Crippen LogP contribution in [0.15, 0.2) is 53.4 Å². The molecule has 1 atom stereocenters. The number of ketones is 1. The second kappa shape index (κ2) is 9.89. The van der Waals surface area contributed by atoms with Crippen molar-refractivity contribution in [1.82, 2.24) is 0 Å². The van der Waals surface area contributed by atoms with E-state index in [0.717, 1.165) is 12.8 Å². The zero-order valence-corrected chi connectivity index (χ0v) is 16.5. The molecule has 0 aliphatic heterocycles. The number of esters is 1. The van der Waals surface area contributed by atoms with Gasteiger partial charge in [-0.25, -0.2) is 4.79 Å². The van der Waals surface area contributed by atoms with Gasteiger partial charge in [0.2, 0.25) is 5.91 Å². The summed E-state index contributed by atoms with van der Waals surface area (Å²) in [6.07, 6.45) is 2.04. The number of Topliss-reactive ketones (excluding diaryl/α,β-unsaturated/α-hetero) is 1. The van der Waals surface area contributed by atoms with Crippen molar-refractivity contribution in [3.63, 3.8) is 0 Å². The quantitative estimate of drug-likeness (QED) is 0.574. The van der Waals surface area contributed by atoms with E-state index in [1.165, 1.54) is 11.8 Å². The molecule has 0 saturated heterocycles. The summed E-state index contributed by atoms with van der Waals surface area (Å²) in [5.74, 6) is -0.747. The zero-order valence-electron chi connectivity index (χ0n) is 15.7. The molecule has 2 aromatic rings. The molecule has 0 bridgehead atoms. The first-order chi connectivity index (χ1) is 14.1. The molecule has 29 heavy (non-hydrogen) atoms. The molecule has 2 aromatic carbocycles. The molecule has 0 radical (unpaired) electrons. The Balaban J connectivity index is 1.61. The van der Waals surface area contributed by atoms with Crippen molar-refractivity contribution in [2.24, 2.45) is 0 Å². The molecular weight excluding hydrogens is 388 g/mol. The van der Waals surface area contributed by atoms with Crippen molar-refractivity contribution >= 4 is 35.1 Å². The van der Waals surface area contributed by atoms with Gasteiger partial charge >= 0.3 is 5.97 Å². The number of hydrogen-bond donors (Lipinski definition) is 1. The number of rotatable bonds is 6. The van der Waals surface area contributed by atoms with Gasteiger partial charge in [0.1, 0.15) is 0 Å². The molecule has 1 aliphatic rings. The molecule has 6 nitrogen and oxygen atoms in total. The summed E-state index contributed by atoms with van der Waals surface area (Å²) in [6.45, 7) is 0. The first-order valence-electron chi connectivity index (χ1n) is 9.32. The predicted octanol–water partition coefficient (Wildman–Crippen LogP) is 3.96. The van der Waals surface area contributed by atoms with Crippen LogP contribution in [0.1, 0.15) is 41.6 Å². The van der Waals surface area contributed by atoms with E-state index in [-0.39, 0.29) is 17.4 Å². The number of nitrogens with zero attached hydrogens (tertiary/aromatic N) is 1. The number of carbonyl (C=O) groups excluding carboxylic acids is 3. The normalized spacial score (nSPS) is 16.0. The fourth-order valence-corrected chi connectivity index (χ4v) is 3.88. The Morgan fingerprint density at radius 3 is 2.79 bits per heavy atom. The van der Waals surface area contributed by atoms with E-state index in [9.17, 15) is 14.4 Å². The van der Waals surface area contributed by atoms with E-state index in [0.29, 0.717) is 34.6 Å². The Labute approximate surface area is 173 Å². The van der Waals surface area contributed by atoms with E-state index >= 15 is 0 Å². The molecule has 1 amide bonds. The third-order valence-electron chi connectivity index (χ3n) is 4.49. The summed E-state index contributed by atoms with van der Waals surface area (Å²) in [5, 5.41) is 11.7. The Morgan fingerprint density at radius 2 is 2.00 bits per heavy atom. The van der Waals surface area contributed by atoms with Crippen molar-refractivity contribution in [2.45, 2.75) is 36.7 Å². The summed E-state index contributed by atoms with van der Waals surface area (Å²) in [4.78, 5) is 37.4. The van der Waals surface area contributed by atoms with Crippen LogP contribution >= 0.6 is 11.8 Å². The molecule has 3 rings (SSSR count). The van der Waals surface area contributed by atoms with E-state index < -0.39 is 12.1 Å². The molecule has 0 spiro atoms. The van der Waals surface area contributed by atoms with Crippen LogP contribution in [0.4, 0.5) is 5.69 Å². The van der Waals surface area contributed by atoms with Gasteiger partial charge in [-0.15, -0.1) is 11.8 Å². The molecule has 1 aliphatic carbocycles. The van der Waals surface area contributed by atoms with Gasteiger partial charge in [-0.2, -0.15) is 5.26 Å². The monoisotopic (exact) mass is 408 g/mol. The van der Waals surface area contributed by atoms with Crippen molar-refractivity contribution in [1.29, 1.82) is 5.26 Å². The summed E-state index contributed by atoms with van der Waals surface area (Å²) >= 11 is 1.21. The number of thioether (sulfide) groups is 1. The van der Waals surface area contributed by atoms with Crippen molar-refractivity contribution in [3.8, 4) is 6.07 Å². The topological polar surface area (TPSA) is 96.3 Å². The van der Waals surface area contributed by atoms with Gasteiger partial charge in [0.05, 0.1) is 22.9 Å². The standard InChI is InChI=1S/C22H20N2O4S/c23-13-15-6-5-7-16(12-15)24-21(26)14-29-20-11-4-1-8-17(20)22(27)28-19-10-3-2-9-18(19)25/h1,4-8,11-12,19H,2-3,9-10,14H2,(H,24,26)/t19-/m0/s1. The van der Waals surface area contributed by atoms with Gasteiger partial charge in [-0.05, 0) is 49.6 Å². The fourth-order valence-electron chi connectivity index (χ4n) is 3.04. The van der Waals surface area contributed by atoms with Crippen LogP contribution < -0.4 is 5.32 Å². The van der Waals surface area contributed by atoms with E-state index in [2.05, 4.69) is 5.32 Å². The average molecular weight is 408 g/mol. The Morgan fingerprint density at radius 1 is 1.17 bits per heavy atom. The van der Waals surface area contributed by atoms with Crippen molar-refractivity contribution in [3.05, 3.63) is 59.7 Å². The van der Waals surface area contributed by atoms with Crippen LogP contribution in [0.2, 0.25) is 0 Å². The number of hydrogen-bond acceptors (Lipinski definition) is 6. The highest BCUT2D eigenvalue weighted by molar-refractivity contribution is 8.00. The third kappa shape index (κ3) is 5.69.